The normalized spacial score (nSPS) is 15.5. The van der Waals surface area contributed by atoms with Gasteiger partial charge in [0.15, 0.2) is 17.3 Å². The smallest absolute Gasteiger partial charge is 0.289 e. The van der Waals surface area contributed by atoms with Crippen LogP contribution in [0.5, 0.6) is 5.75 Å². The molecular weight excluding hydrogens is 311 g/mol. The quantitative estimate of drug-likeness (QED) is 0.864. The molecular formula is C18H21FN2O3. The summed E-state index contributed by atoms with van der Waals surface area (Å²) in [6, 6.07) is 6.81. The monoisotopic (exact) mass is 332 g/mol. The number of methoxy groups -OCH3 is 1. The van der Waals surface area contributed by atoms with Gasteiger partial charge >= 0.3 is 0 Å². The summed E-state index contributed by atoms with van der Waals surface area (Å²) in [5.41, 5.74) is 1.76. The summed E-state index contributed by atoms with van der Waals surface area (Å²) in [5, 5.41) is 0. The summed E-state index contributed by atoms with van der Waals surface area (Å²) in [5.74, 6) is 0.258. The largest absolute Gasteiger partial charge is 0.494 e. The first kappa shape index (κ1) is 16.5. The van der Waals surface area contributed by atoms with Crippen LogP contribution in [-0.4, -0.2) is 49.0 Å². The molecule has 24 heavy (non-hydrogen) atoms. The Hall–Kier alpha value is -2.34. The minimum absolute atomic E-state index is 0.0624. The molecule has 0 N–H and O–H groups in total. The first-order valence-electron chi connectivity index (χ1n) is 7.96. The highest BCUT2D eigenvalue weighted by molar-refractivity contribution is 5.92. The van der Waals surface area contributed by atoms with E-state index in [-0.39, 0.29) is 17.5 Å². The first-order valence-corrected chi connectivity index (χ1v) is 7.96. The standard InChI is InChI=1S/C18H21FN2O3/c1-13-5-10-24-17(13)18(22)21-8-6-20(7-9-21)12-14-3-4-16(23-2)15(19)11-14/h3-5,10-11H,6-9,12H2,1-2H3. The van der Waals surface area contributed by atoms with Crippen molar-refractivity contribution in [3.05, 3.63) is 53.2 Å². The third-order valence-corrected chi connectivity index (χ3v) is 4.34. The zero-order chi connectivity index (χ0) is 17.1. The second-order valence-electron chi connectivity index (χ2n) is 5.97. The third-order valence-electron chi connectivity index (χ3n) is 4.34. The van der Waals surface area contributed by atoms with E-state index < -0.39 is 0 Å². The van der Waals surface area contributed by atoms with Crippen LogP contribution in [0.1, 0.15) is 21.7 Å². The molecule has 0 saturated carbocycles. The van der Waals surface area contributed by atoms with E-state index in [9.17, 15) is 9.18 Å². The molecule has 0 spiro atoms. The molecule has 0 bridgehead atoms. The van der Waals surface area contributed by atoms with Crippen LogP contribution in [0, 0.1) is 12.7 Å². The van der Waals surface area contributed by atoms with E-state index in [0.717, 1.165) is 24.2 Å². The lowest BCUT2D eigenvalue weighted by Gasteiger charge is -2.34. The van der Waals surface area contributed by atoms with Gasteiger partial charge in [-0.1, -0.05) is 6.07 Å². The van der Waals surface area contributed by atoms with Crippen molar-refractivity contribution in [1.29, 1.82) is 0 Å². The van der Waals surface area contributed by atoms with Crippen LogP contribution in [0.15, 0.2) is 34.9 Å². The number of rotatable bonds is 4. The number of furan rings is 1. The fourth-order valence-corrected chi connectivity index (χ4v) is 2.91. The number of aryl methyl sites for hydroxylation is 1. The van der Waals surface area contributed by atoms with Crippen LogP contribution in [-0.2, 0) is 6.54 Å². The van der Waals surface area contributed by atoms with Gasteiger partial charge in [-0.15, -0.1) is 0 Å². The summed E-state index contributed by atoms with van der Waals surface area (Å²) in [6.07, 6.45) is 1.54. The van der Waals surface area contributed by atoms with Gasteiger partial charge in [0, 0.05) is 38.3 Å². The molecule has 2 heterocycles. The van der Waals surface area contributed by atoms with Gasteiger partial charge < -0.3 is 14.1 Å². The molecule has 1 aromatic heterocycles. The number of amides is 1. The van der Waals surface area contributed by atoms with Crippen molar-refractivity contribution >= 4 is 5.91 Å². The molecule has 1 aliphatic rings. The number of piperazine rings is 1. The minimum atomic E-state index is -0.350. The number of nitrogens with zero attached hydrogens (tertiary/aromatic N) is 2. The van der Waals surface area contributed by atoms with Gasteiger partial charge in [-0.2, -0.15) is 0 Å². The maximum atomic E-state index is 13.8. The maximum Gasteiger partial charge on any atom is 0.289 e. The fraction of sp³-hybridized carbons (Fsp3) is 0.389. The number of carbonyl (C=O) groups is 1. The van der Waals surface area contributed by atoms with Crippen molar-refractivity contribution in [2.45, 2.75) is 13.5 Å². The van der Waals surface area contributed by atoms with Crippen LogP contribution in [0.4, 0.5) is 4.39 Å². The molecule has 0 unspecified atom stereocenters. The van der Waals surface area contributed by atoms with Gasteiger partial charge in [-0.3, -0.25) is 9.69 Å². The number of halogens is 1. The van der Waals surface area contributed by atoms with Crippen LogP contribution in [0.3, 0.4) is 0 Å². The minimum Gasteiger partial charge on any atom is -0.494 e. The number of ether oxygens (including phenoxy) is 1. The van der Waals surface area contributed by atoms with Crippen LogP contribution < -0.4 is 4.74 Å². The molecule has 0 aliphatic carbocycles. The van der Waals surface area contributed by atoms with Gasteiger partial charge in [0.1, 0.15) is 0 Å². The predicted octanol–water partition coefficient (Wildman–Crippen LogP) is 2.69. The molecule has 5 nitrogen and oxygen atoms in total. The Bertz CT molecular complexity index is 721. The predicted molar refractivity (Wildman–Crippen MR) is 87.6 cm³/mol. The Morgan fingerprint density at radius 1 is 1.25 bits per heavy atom. The Kier molecular flexibility index (Phi) is 4.85. The summed E-state index contributed by atoms with van der Waals surface area (Å²) in [7, 11) is 1.45. The number of hydrogen-bond acceptors (Lipinski definition) is 4. The highest BCUT2D eigenvalue weighted by atomic mass is 19.1. The zero-order valence-corrected chi connectivity index (χ0v) is 13.9. The van der Waals surface area contributed by atoms with Gasteiger partial charge in [0.2, 0.25) is 0 Å². The van der Waals surface area contributed by atoms with Crippen LogP contribution in [0.2, 0.25) is 0 Å². The molecule has 1 aliphatic heterocycles. The second kappa shape index (κ2) is 7.05. The molecule has 6 heteroatoms. The SMILES string of the molecule is COc1ccc(CN2CCN(C(=O)c3occc3C)CC2)cc1F. The van der Waals surface area contributed by atoms with E-state index in [1.54, 1.807) is 17.0 Å². The molecule has 128 valence electrons. The molecule has 1 amide bonds. The van der Waals surface area contributed by atoms with Crippen LogP contribution >= 0.6 is 0 Å². The molecule has 0 atom stereocenters. The topological polar surface area (TPSA) is 45.9 Å². The van der Waals surface area contributed by atoms with E-state index in [2.05, 4.69) is 4.90 Å². The highest BCUT2D eigenvalue weighted by Gasteiger charge is 2.25. The average molecular weight is 332 g/mol. The van der Waals surface area contributed by atoms with Crippen LogP contribution in [0.25, 0.3) is 0 Å². The summed E-state index contributed by atoms with van der Waals surface area (Å²) in [6.45, 7) is 5.29. The van der Waals surface area contributed by atoms with Gasteiger partial charge in [0.05, 0.1) is 13.4 Å². The van der Waals surface area contributed by atoms with E-state index in [1.807, 2.05) is 13.0 Å². The highest BCUT2D eigenvalue weighted by Crippen LogP contribution is 2.20. The zero-order valence-electron chi connectivity index (χ0n) is 13.9. The molecule has 1 saturated heterocycles. The molecule has 0 radical (unpaired) electrons. The Labute approximate surface area is 140 Å². The number of hydrogen-bond donors (Lipinski definition) is 0. The lowest BCUT2D eigenvalue weighted by molar-refractivity contribution is 0.0596. The van der Waals surface area contributed by atoms with Gasteiger partial charge in [-0.25, -0.2) is 4.39 Å². The Morgan fingerprint density at radius 3 is 2.58 bits per heavy atom. The van der Waals surface area contributed by atoms with E-state index in [0.29, 0.717) is 25.4 Å². The fourth-order valence-electron chi connectivity index (χ4n) is 2.91. The summed E-state index contributed by atoms with van der Waals surface area (Å²) >= 11 is 0. The lowest BCUT2D eigenvalue weighted by Crippen LogP contribution is -2.48. The summed E-state index contributed by atoms with van der Waals surface area (Å²) < 4.78 is 24.0. The van der Waals surface area contributed by atoms with E-state index in [1.165, 1.54) is 19.4 Å². The third kappa shape index (κ3) is 3.43. The second-order valence-corrected chi connectivity index (χ2v) is 5.97. The Balaban J connectivity index is 1.56. The number of benzene rings is 1. The van der Waals surface area contributed by atoms with E-state index in [4.69, 9.17) is 9.15 Å². The van der Waals surface area contributed by atoms with Crippen molar-refractivity contribution in [3.8, 4) is 5.75 Å². The molecule has 1 aromatic carbocycles. The van der Waals surface area contributed by atoms with Crippen molar-refractivity contribution in [3.63, 3.8) is 0 Å². The molecule has 3 rings (SSSR count). The Morgan fingerprint density at radius 2 is 2.00 bits per heavy atom. The average Bonchev–Trinajstić information content (AvgIpc) is 3.01. The van der Waals surface area contributed by atoms with Crippen molar-refractivity contribution < 1.29 is 18.3 Å². The van der Waals surface area contributed by atoms with Gasteiger partial charge in [-0.05, 0) is 30.7 Å². The van der Waals surface area contributed by atoms with Crippen molar-refractivity contribution in [2.75, 3.05) is 33.3 Å². The molecule has 1 fully saturated rings. The van der Waals surface area contributed by atoms with Crippen molar-refractivity contribution in [1.82, 2.24) is 9.80 Å². The maximum absolute atomic E-state index is 13.8. The lowest BCUT2D eigenvalue weighted by atomic mass is 10.1. The van der Waals surface area contributed by atoms with Gasteiger partial charge in [0.25, 0.3) is 5.91 Å². The first-order chi connectivity index (χ1) is 11.6. The van der Waals surface area contributed by atoms with Crippen molar-refractivity contribution in [2.24, 2.45) is 0 Å². The molecule has 2 aromatic rings. The van der Waals surface area contributed by atoms with E-state index >= 15 is 0 Å². The number of carbonyl (C=O) groups excluding carboxylic acids is 1. The summed E-state index contributed by atoms with van der Waals surface area (Å²) in [4.78, 5) is 16.4.